The van der Waals surface area contributed by atoms with Gasteiger partial charge in [-0.15, -0.1) is 0 Å². The quantitative estimate of drug-likeness (QED) is 0.805. The standard InChI is InChI=1S/C11H16ClN3O/c1-8-4-10(12)11(5-14-8)15-3-2-13-9(6-15)7-16/h4-5,9,13,16H,2-3,6-7H2,1H3. The lowest BCUT2D eigenvalue weighted by atomic mass is 10.2. The minimum absolute atomic E-state index is 0.117. The van der Waals surface area contributed by atoms with Crippen LogP contribution in [-0.4, -0.2) is 42.4 Å². The molecule has 88 valence electrons. The Bertz CT molecular complexity index is 372. The number of anilines is 1. The van der Waals surface area contributed by atoms with Gasteiger partial charge in [-0.1, -0.05) is 11.6 Å². The van der Waals surface area contributed by atoms with Crippen LogP contribution in [0.15, 0.2) is 12.3 Å². The van der Waals surface area contributed by atoms with Gasteiger partial charge >= 0.3 is 0 Å². The van der Waals surface area contributed by atoms with Crippen LogP contribution in [0, 0.1) is 6.92 Å². The average Bonchev–Trinajstić information content (AvgIpc) is 2.29. The molecule has 1 fully saturated rings. The monoisotopic (exact) mass is 241 g/mol. The topological polar surface area (TPSA) is 48.4 Å². The Labute approximate surface area is 100 Å². The molecular formula is C11H16ClN3O. The van der Waals surface area contributed by atoms with Crippen molar-refractivity contribution in [2.75, 3.05) is 31.1 Å². The van der Waals surface area contributed by atoms with Crippen LogP contribution in [-0.2, 0) is 0 Å². The molecule has 16 heavy (non-hydrogen) atoms. The van der Waals surface area contributed by atoms with Gasteiger partial charge in [0.25, 0.3) is 0 Å². The molecule has 0 amide bonds. The number of hydrogen-bond donors (Lipinski definition) is 2. The summed E-state index contributed by atoms with van der Waals surface area (Å²) in [6, 6.07) is 1.98. The minimum atomic E-state index is 0.117. The molecule has 1 aliphatic heterocycles. The second-order valence-electron chi connectivity index (χ2n) is 4.06. The van der Waals surface area contributed by atoms with Gasteiger partial charge in [0.05, 0.1) is 23.5 Å². The summed E-state index contributed by atoms with van der Waals surface area (Å²) in [7, 11) is 0. The number of halogens is 1. The highest BCUT2D eigenvalue weighted by atomic mass is 35.5. The SMILES string of the molecule is Cc1cc(Cl)c(N2CCNC(CO)C2)cn1. The minimum Gasteiger partial charge on any atom is -0.395 e. The van der Waals surface area contributed by atoms with E-state index < -0.39 is 0 Å². The van der Waals surface area contributed by atoms with E-state index in [2.05, 4.69) is 15.2 Å². The second kappa shape index (κ2) is 4.99. The van der Waals surface area contributed by atoms with Gasteiger partial charge in [0.15, 0.2) is 0 Å². The Kier molecular flexibility index (Phi) is 3.63. The van der Waals surface area contributed by atoms with Crippen molar-refractivity contribution in [2.24, 2.45) is 0 Å². The zero-order valence-corrected chi connectivity index (χ0v) is 10.0. The van der Waals surface area contributed by atoms with E-state index in [0.29, 0.717) is 0 Å². The molecule has 4 nitrogen and oxygen atoms in total. The first-order valence-corrected chi connectivity index (χ1v) is 5.80. The molecule has 1 unspecified atom stereocenters. The molecule has 1 aromatic rings. The number of aromatic nitrogens is 1. The molecule has 1 aliphatic rings. The number of aryl methyl sites for hydroxylation is 1. The molecule has 1 saturated heterocycles. The lowest BCUT2D eigenvalue weighted by Crippen LogP contribution is -2.52. The highest BCUT2D eigenvalue weighted by Crippen LogP contribution is 2.25. The van der Waals surface area contributed by atoms with E-state index in [1.165, 1.54) is 0 Å². The maximum absolute atomic E-state index is 9.13. The first-order chi connectivity index (χ1) is 7.70. The molecule has 1 atom stereocenters. The second-order valence-corrected chi connectivity index (χ2v) is 4.46. The Hall–Kier alpha value is -0.840. The van der Waals surface area contributed by atoms with Crippen LogP contribution >= 0.6 is 11.6 Å². The third-order valence-corrected chi connectivity index (χ3v) is 3.09. The number of pyridine rings is 1. The van der Waals surface area contributed by atoms with Crippen molar-refractivity contribution in [3.05, 3.63) is 23.0 Å². The fourth-order valence-corrected chi connectivity index (χ4v) is 2.24. The van der Waals surface area contributed by atoms with Crippen LogP contribution in [0.1, 0.15) is 5.69 Å². The van der Waals surface area contributed by atoms with Crippen LogP contribution in [0.25, 0.3) is 0 Å². The van der Waals surface area contributed by atoms with Crippen molar-refractivity contribution in [2.45, 2.75) is 13.0 Å². The van der Waals surface area contributed by atoms with Gasteiger partial charge in [-0.05, 0) is 13.0 Å². The molecule has 0 radical (unpaired) electrons. The first-order valence-electron chi connectivity index (χ1n) is 5.42. The van der Waals surface area contributed by atoms with Crippen LogP contribution in [0.2, 0.25) is 5.02 Å². The third kappa shape index (κ3) is 2.45. The lowest BCUT2D eigenvalue weighted by Gasteiger charge is -2.34. The Morgan fingerprint density at radius 3 is 3.19 bits per heavy atom. The van der Waals surface area contributed by atoms with Crippen LogP contribution in [0.3, 0.4) is 0 Å². The van der Waals surface area contributed by atoms with Crippen LogP contribution in [0.5, 0.6) is 0 Å². The largest absolute Gasteiger partial charge is 0.395 e. The number of nitrogens with zero attached hydrogens (tertiary/aromatic N) is 2. The van der Waals surface area contributed by atoms with Crippen LogP contribution in [0.4, 0.5) is 5.69 Å². The van der Waals surface area contributed by atoms with E-state index in [4.69, 9.17) is 16.7 Å². The zero-order chi connectivity index (χ0) is 11.5. The summed E-state index contributed by atoms with van der Waals surface area (Å²) in [6.45, 7) is 4.58. The molecule has 2 heterocycles. The predicted octanol–water partition coefficient (Wildman–Crippen LogP) is 0.814. The maximum Gasteiger partial charge on any atom is 0.0743 e. The molecular weight excluding hydrogens is 226 g/mol. The maximum atomic E-state index is 9.13. The van der Waals surface area contributed by atoms with E-state index in [-0.39, 0.29) is 12.6 Å². The van der Waals surface area contributed by atoms with Crippen molar-refractivity contribution in [1.29, 1.82) is 0 Å². The van der Waals surface area contributed by atoms with Crippen molar-refractivity contribution in [3.63, 3.8) is 0 Å². The molecule has 0 spiro atoms. The molecule has 0 bridgehead atoms. The summed E-state index contributed by atoms with van der Waals surface area (Å²) in [6.07, 6.45) is 1.80. The fraction of sp³-hybridized carbons (Fsp3) is 0.545. The summed E-state index contributed by atoms with van der Waals surface area (Å²) in [4.78, 5) is 6.42. The van der Waals surface area contributed by atoms with Gasteiger partial charge in [-0.25, -0.2) is 0 Å². The number of nitrogens with one attached hydrogen (secondary N) is 1. The van der Waals surface area contributed by atoms with Crippen molar-refractivity contribution in [1.82, 2.24) is 10.3 Å². The molecule has 0 saturated carbocycles. The summed E-state index contributed by atoms with van der Waals surface area (Å²) in [5.74, 6) is 0. The van der Waals surface area contributed by atoms with Gasteiger partial charge in [0.2, 0.25) is 0 Å². The first kappa shape index (κ1) is 11.6. The molecule has 0 aliphatic carbocycles. The van der Waals surface area contributed by atoms with Crippen molar-refractivity contribution >= 4 is 17.3 Å². The van der Waals surface area contributed by atoms with Gasteiger partial charge < -0.3 is 15.3 Å². The van der Waals surface area contributed by atoms with Crippen LogP contribution < -0.4 is 10.2 Å². The molecule has 2 rings (SSSR count). The molecule has 1 aromatic heterocycles. The van der Waals surface area contributed by atoms with E-state index in [9.17, 15) is 0 Å². The van der Waals surface area contributed by atoms with E-state index in [1.807, 2.05) is 13.0 Å². The lowest BCUT2D eigenvalue weighted by molar-refractivity contribution is 0.235. The van der Waals surface area contributed by atoms with E-state index in [1.54, 1.807) is 6.20 Å². The Morgan fingerprint density at radius 2 is 2.50 bits per heavy atom. The zero-order valence-electron chi connectivity index (χ0n) is 9.28. The Morgan fingerprint density at radius 1 is 1.69 bits per heavy atom. The molecule has 0 aromatic carbocycles. The number of piperazine rings is 1. The van der Waals surface area contributed by atoms with Gasteiger partial charge in [0.1, 0.15) is 0 Å². The highest BCUT2D eigenvalue weighted by molar-refractivity contribution is 6.33. The average molecular weight is 242 g/mol. The number of aliphatic hydroxyl groups is 1. The highest BCUT2D eigenvalue weighted by Gasteiger charge is 2.20. The number of hydrogen-bond acceptors (Lipinski definition) is 4. The summed E-state index contributed by atoms with van der Waals surface area (Å²) in [5.41, 5.74) is 1.87. The summed E-state index contributed by atoms with van der Waals surface area (Å²) in [5, 5.41) is 13.1. The molecule has 2 N–H and O–H groups in total. The third-order valence-electron chi connectivity index (χ3n) is 2.79. The van der Waals surface area contributed by atoms with Crippen molar-refractivity contribution in [3.8, 4) is 0 Å². The van der Waals surface area contributed by atoms with Crippen molar-refractivity contribution < 1.29 is 5.11 Å². The fourth-order valence-electron chi connectivity index (χ4n) is 1.92. The van der Waals surface area contributed by atoms with Gasteiger partial charge in [-0.2, -0.15) is 0 Å². The van der Waals surface area contributed by atoms with Gasteiger partial charge in [-0.3, -0.25) is 4.98 Å². The summed E-state index contributed by atoms with van der Waals surface area (Å²) < 4.78 is 0. The normalized spacial score (nSPS) is 21.2. The van der Waals surface area contributed by atoms with E-state index >= 15 is 0 Å². The Balaban J connectivity index is 2.16. The smallest absolute Gasteiger partial charge is 0.0743 e. The molecule has 5 heteroatoms. The number of rotatable bonds is 2. The predicted molar refractivity (Wildman–Crippen MR) is 65.1 cm³/mol. The summed E-state index contributed by atoms with van der Waals surface area (Å²) >= 11 is 6.19. The van der Waals surface area contributed by atoms with E-state index in [0.717, 1.165) is 36.0 Å². The van der Waals surface area contributed by atoms with Gasteiger partial charge in [0, 0.05) is 31.4 Å². The number of aliphatic hydroxyl groups excluding tert-OH is 1.